The van der Waals surface area contributed by atoms with Crippen LogP contribution in [0.15, 0.2) is 29.2 Å². The van der Waals surface area contributed by atoms with Gasteiger partial charge < -0.3 is 4.74 Å². The predicted octanol–water partition coefficient (Wildman–Crippen LogP) is 1.68. The Morgan fingerprint density at radius 1 is 1.44 bits per heavy atom. The van der Waals surface area contributed by atoms with E-state index in [0.717, 1.165) is 12.8 Å². The van der Waals surface area contributed by atoms with E-state index in [9.17, 15) is 13.2 Å². The van der Waals surface area contributed by atoms with Gasteiger partial charge in [0.15, 0.2) is 0 Å². The highest BCUT2D eigenvalue weighted by molar-refractivity contribution is 7.89. The molecule has 0 saturated carbocycles. The molecule has 0 bridgehead atoms. The van der Waals surface area contributed by atoms with Gasteiger partial charge in [0.25, 0.3) is 0 Å². The highest BCUT2D eigenvalue weighted by Gasteiger charge is 2.14. The average molecular weight is 271 g/mol. The third-order valence-corrected chi connectivity index (χ3v) is 3.31. The van der Waals surface area contributed by atoms with E-state index >= 15 is 0 Å². The molecule has 0 aromatic heterocycles. The van der Waals surface area contributed by atoms with Crippen molar-refractivity contribution in [3.63, 3.8) is 0 Å². The molecule has 2 N–H and O–H groups in total. The van der Waals surface area contributed by atoms with E-state index in [-0.39, 0.29) is 16.6 Å². The smallest absolute Gasteiger partial charge is 0.338 e. The lowest BCUT2D eigenvalue weighted by molar-refractivity contribution is 0.0323. The van der Waals surface area contributed by atoms with Gasteiger partial charge in [-0.3, -0.25) is 0 Å². The summed E-state index contributed by atoms with van der Waals surface area (Å²) in [6.45, 7) is 3.79. The molecule has 1 atom stereocenters. The van der Waals surface area contributed by atoms with Crippen molar-refractivity contribution in [3.8, 4) is 0 Å². The van der Waals surface area contributed by atoms with Crippen LogP contribution in [0.1, 0.15) is 37.0 Å². The lowest BCUT2D eigenvalue weighted by Gasteiger charge is -2.12. The van der Waals surface area contributed by atoms with Crippen molar-refractivity contribution >= 4 is 16.0 Å². The molecule has 1 aromatic carbocycles. The maximum absolute atomic E-state index is 11.8. The first-order chi connectivity index (χ1) is 8.34. The molecule has 1 unspecified atom stereocenters. The molecule has 0 aliphatic rings. The molecule has 5 nitrogen and oxygen atoms in total. The second kappa shape index (κ2) is 5.97. The van der Waals surface area contributed by atoms with Crippen molar-refractivity contribution in [2.45, 2.75) is 37.7 Å². The van der Waals surface area contributed by atoms with Gasteiger partial charge in [0.2, 0.25) is 10.0 Å². The Morgan fingerprint density at radius 3 is 2.67 bits per heavy atom. The number of carbonyl (C=O) groups is 1. The summed E-state index contributed by atoms with van der Waals surface area (Å²) in [5.41, 5.74) is 0.185. The zero-order valence-corrected chi connectivity index (χ0v) is 11.2. The minimum Gasteiger partial charge on any atom is -0.459 e. The summed E-state index contributed by atoms with van der Waals surface area (Å²) in [5.74, 6) is -0.540. The van der Waals surface area contributed by atoms with Gasteiger partial charge in [-0.15, -0.1) is 0 Å². The van der Waals surface area contributed by atoms with Gasteiger partial charge in [0, 0.05) is 0 Å². The molecule has 0 aliphatic carbocycles. The van der Waals surface area contributed by atoms with Gasteiger partial charge in [-0.1, -0.05) is 19.4 Å². The summed E-state index contributed by atoms with van der Waals surface area (Å²) < 4.78 is 27.5. The van der Waals surface area contributed by atoms with E-state index in [1.165, 1.54) is 24.3 Å². The summed E-state index contributed by atoms with van der Waals surface area (Å²) in [4.78, 5) is 11.7. The summed E-state index contributed by atoms with van der Waals surface area (Å²) in [5, 5.41) is 4.99. The molecule has 1 rings (SSSR count). The minimum absolute atomic E-state index is 0.0971. The van der Waals surface area contributed by atoms with Gasteiger partial charge in [0.1, 0.15) is 0 Å². The molecule has 0 amide bonds. The lowest BCUT2D eigenvalue weighted by atomic mass is 10.2. The topological polar surface area (TPSA) is 86.5 Å². The fourth-order valence-corrected chi connectivity index (χ4v) is 2.08. The Balaban J connectivity index is 2.87. The zero-order chi connectivity index (χ0) is 13.8. The summed E-state index contributed by atoms with van der Waals surface area (Å²) in [6.07, 6.45) is 1.48. The Bertz CT molecular complexity index is 525. The number of carbonyl (C=O) groups excluding carboxylic acids is 1. The van der Waals surface area contributed by atoms with Crippen molar-refractivity contribution in [3.05, 3.63) is 29.8 Å². The lowest BCUT2D eigenvalue weighted by Crippen LogP contribution is -2.16. The molecular formula is C12H17NO4S. The molecule has 0 radical (unpaired) electrons. The molecule has 0 saturated heterocycles. The summed E-state index contributed by atoms with van der Waals surface area (Å²) in [7, 11) is -3.81. The molecule has 6 heteroatoms. The van der Waals surface area contributed by atoms with Gasteiger partial charge >= 0.3 is 5.97 Å². The molecule has 18 heavy (non-hydrogen) atoms. The van der Waals surface area contributed by atoms with Crippen LogP contribution < -0.4 is 5.14 Å². The van der Waals surface area contributed by atoms with Gasteiger partial charge in [0.05, 0.1) is 16.6 Å². The average Bonchev–Trinajstić information content (AvgIpc) is 2.28. The van der Waals surface area contributed by atoms with Crippen molar-refractivity contribution in [2.75, 3.05) is 0 Å². The quantitative estimate of drug-likeness (QED) is 0.825. The number of ether oxygens (including phenoxy) is 1. The van der Waals surface area contributed by atoms with Crippen LogP contribution in [-0.2, 0) is 14.8 Å². The van der Waals surface area contributed by atoms with Crippen LogP contribution in [0.25, 0.3) is 0 Å². The van der Waals surface area contributed by atoms with Crippen LogP contribution in [0, 0.1) is 0 Å². The SMILES string of the molecule is CCCC(C)OC(=O)c1cccc(S(N)(=O)=O)c1. The normalized spacial score (nSPS) is 13.1. The van der Waals surface area contributed by atoms with Crippen LogP contribution in [0.2, 0.25) is 0 Å². The van der Waals surface area contributed by atoms with Crippen molar-refractivity contribution in [1.29, 1.82) is 0 Å². The number of primary sulfonamides is 1. The van der Waals surface area contributed by atoms with E-state index in [0.29, 0.717) is 0 Å². The largest absolute Gasteiger partial charge is 0.459 e. The first kappa shape index (κ1) is 14.7. The second-order valence-corrected chi connectivity index (χ2v) is 5.64. The van der Waals surface area contributed by atoms with Crippen LogP contribution in [0.5, 0.6) is 0 Å². The highest BCUT2D eigenvalue weighted by atomic mass is 32.2. The van der Waals surface area contributed by atoms with Crippen LogP contribution in [0.4, 0.5) is 0 Å². The maximum atomic E-state index is 11.8. The van der Waals surface area contributed by atoms with Crippen LogP contribution >= 0.6 is 0 Å². The number of hydrogen-bond acceptors (Lipinski definition) is 4. The summed E-state index contributed by atoms with van der Waals surface area (Å²) >= 11 is 0. The van der Waals surface area contributed by atoms with Crippen LogP contribution in [0.3, 0.4) is 0 Å². The molecule has 1 aromatic rings. The van der Waals surface area contributed by atoms with Crippen molar-refractivity contribution in [2.24, 2.45) is 5.14 Å². The zero-order valence-electron chi connectivity index (χ0n) is 10.4. The number of benzene rings is 1. The maximum Gasteiger partial charge on any atom is 0.338 e. The molecular weight excluding hydrogens is 254 g/mol. The third-order valence-electron chi connectivity index (χ3n) is 2.40. The van der Waals surface area contributed by atoms with Crippen molar-refractivity contribution < 1.29 is 17.9 Å². The Morgan fingerprint density at radius 2 is 2.11 bits per heavy atom. The van der Waals surface area contributed by atoms with E-state index in [1.54, 1.807) is 6.92 Å². The fourth-order valence-electron chi connectivity index (χ4n) is 1.52. The number of esters is 1. The Labute approximate surface area is 107 Å². The van der Waals surface area contributed by atoms with E-state index in [4.69, 9.17) is 9.88 Å². The molecule has 0 aliphatic heterocycles. The Kier molecular flexibility index (Phi) is 4.86. The molecule has 100 valence electrons. The summed E-state index contributed by atoms with van der Waals surface area (Å²) in [6, 6.07) is 5.51. The number of nitrogens with two attached hydrogens (primary N) is 1. The van der Waals surface area contributed by atoms with Crippen molar-refractivity contribution in [1.82, 2.24) is 0 Å². The van der Waals surface area contributed by atoms with Gasteiger partial charge in [-0.25, -0.2) is 18.4 Å². The first-order valence-electron chi connectivity index (χ1n) is 5.68. The van der Waals surface area contributed by atoms with Gasteiger partial charge in [-0.05, 0) is 31.5 Å². The van der Waals surface area contributed by atoms with Gasteiger partial charge in [-0.2, -0.15) is 0 Å². The number of rotatable bonds is 5. The Hall–Kier alpha value is -1.40. The number of sulfonamides is 1. The fraction of sp³-hybridized carbons (Fsp3) is 0.417. The second-order valence-electron chi connectivity index (χ2n) is 4.08. The highest BCUT2D eigenvalue weighted by Crippen LogP contribution is 2.12. The van der Waals surface area contributed by atoms with Crippen LogP contribution in [-0.4, -0.2) is 20.5 Å². The molecule has 0 fully saturated rings. The van der Waals surface area contributed by atoms with E-state index < -0.39 is 16.0 Å². The first-order valence-corrected chi connectivity index (χ1v) is 7.23. The number of hydrogen-bond donors (Lipinski definition) is 1. The third kappa shape index (κ3) is 4.12. The van der Waals surface area contributed by atoms with E-state index in [1.807, 2.05) is 6.92 Å². The predicted molar refractivity (Wildman–Crippen MR) is 67.6 cm³/mol. The van der Waals surface area contributed by atoms with E-state index in [2.05, 4.69) is 0 Å². The molecule has 0 heterocycles. The minimum atomic E-state index is -3.81. The standard InChI is InChI=1S/C12H17NO4S/c1-3-5-9(2)17-12(14)10-6-4-7-11(8-10)18(13,15)16/h4,6-9H,3,5H2,1-2H3,(H2,13,15,16). The monoisotopic (exact) mass is 271 g/mol. The molecule has 0 spiro atoms.